The second-order valence-electron chi connectivity index (χ2n) is 4.35. The van der Waals surface area contributed by atoms with E-state index >= 15 is 0 Å². The number of aliphatic carboxylic acids is 1. The van der Waals surface area contributed by atoms with E-state index in [1.54, 1.807) is 6.08 Å². The Labute approximate surface area is 108 Å². The molecule has 0 bridgehead atoms. The molecule has 0 aliphatic rings. The van der Waals surface area contributed by atoms with Crippen LogP contribution in [0.1, 0.15) is 30.0 Å². The lowest BCUT2D eigenvalue weighted by atomic mass is 10.1. The number of ether oxygens (including phenoxy) is 1. The minimum Gasteiger partial charge on any atom is -0.489 e. The van der Waals surface area contributed by atoms with Gasteiger partial charge in [0, 0.05) is 5.57 Å². The van der Waals surface area contributed by atoms with Crippen molar-refractivity contribution >= 4 is 5.97 Å². The van der Waals surface area contributed by atoms with Crippen molar-refractivity contribution in [2.75, 3.05) is 6.61 Å². The number of benzene rings is 1. The first-order valence-electron chi connectivity index (χ1n) is 6.09. The number of carboxylic acids is 1. The Bertz CT molecular complexity index is 473. The summed E-state index contributed by atoms with van der Waals surface area (Å²) in [6, 6.07) is 4.07. The van der Waals surface area contributed by atoms with Crippen LogP contribution in [0.2, 0.25) is 0 Å². The molecular formula is C15H20O3. The predicted molar refractivity (Wildman–Crippen MR) is 72.2 cm³/mol. The van der Waals surface area contributed by atoms with Crippen LogP contribution in [0.15, 0.2) is 23.8 Å². The van der Waals surface area contributed by atoms with Crippen LogP contribution in [0.25, 0.3) is 0 Å². The second kappa shape index (κ2) is 6.24. The summed E-state index contributed by atoms with van der Waals surface area (Å²) in [5.74, 6) is -0.0223. The van der Waals surface area contributed by atoms with Crippen LogP contribution >= 0.6 is 0 Å². The highest BCUT2D eigenvalue weighted by atomic mass is 16.5. The van der Waals surface area contributed by atoms with Crippen molar-refractivity contribution in [2.24, 2.45) is 0 Å². The van der Waals surface area contributed by atoms with Gasteiger partial charge in [0.15, 0.2) is 0 Å². The molecule has 1 rings (SSSR count). The third kappa shape index (κ3) is 3.36. The molecule has 0 aromatic heterocycles. The number of rotatable bonds is 5. The third-order valence-electron chi connectivity index (χ3n) is 3.09. The maximum atomic E-state index is 10.8. The van der Waals surface area contributed by atoms with Gasteiger partial charge in [-0.3, -0.25) is 0 Å². The number of carbonyl (C=O) groups is 1. The summed E-state index contributed by atoms with van der Waals surface area (Å²) in [5, 5.41) is 8.90. The number of aryl methyl sites for hydroxylation is 2. The van der Waals surface area contributed by atoms with E-state index in [0.29, 0.717) is 18.6 Å². The molecule has 3 heteroatoms. The smallest absolute Gasteiger partial charge is 0.331 e. The van der Waals surface area contributed by atoms with Crippen molar-refractivity contribution in [1.82, 2.24) is 0 Å². The van der Waals surface area contributed by atoms with E-state index in [-0.39, 0.29) is 0 Å². The fourth-order valence-corrected chi connectivity index (χ4v) is 1.76. The summed E-state index contributed by atoms with van der Waals surface area (Å²) in [7, 11) is 0. The van der Waals surface area contributed by atoms with Crippen molar-refractivity contribution in [3.63, 3.8) is 0 Å². The zero-order valence-electron chi connectivity index (χ0n) is 11.4. The van der Waals surface area contributed by atoms with Gasteiger partial charge >= 0.3 is 5.97 Å². The first kappa shape index (κ1) is 14.3. The molecule has 1 N–H and O–H groups in total. The Morgan fingerprint density at radius 3 is 2.44 bits per heavy atom. The minimum atomic E-state index is -0.876. The van der Waals surface area contributed by atoms with Crippen LogP contribution in [-0.2, 0) is 4.79 Å². The topological polar surface area (TPSA) is 46.5 Å². The molecule has 0 aliphatic heterocycles. The summed E-state index contributed by atoms with van der Waals surface area (Å²) in [6.45, 7) is 8.15. The lowest BCUT2D eigenvalue weighted by Crippen LogP contribution is -2.04. The van der Waals surface area contributed by atoms with Gasteiger partial charge < -0.3 is 9.84 Å². The molecule has 0 heterocycles. The lowest BCUT2D eigenvalue weighted by Gasteiger charge is -2.12. The summed E-state index contributed by atoms with van der Waals surface area (Å²) in [5.41, 5.74) is 3.74. The highest BCUT2D eigenvalue weighted by molar-refractivity contribution is 5.86. The van der Waals surface area contributed by atoms with Gasteiger partial charge in [0.05, 0.1) is 0 Å². The fraction of sp³-hybridized carbons (Fsp3) is 0.400. The standard InChI is InChI=1S/C15H20O3/c1-5-13(15(16)17)8-9-18-14-11(3)7-6-10(2)12(14)4/h6-8H,5,9H2,1-4H3,(H,16,17). The molecule has 0 aliphatic carbocycles. The molecule has 0 atom stereocenters. The van der Waals surface area contributed by atoms with Crippen molar-refractivity contribution < 1.29 is 14.6 Å². The average molecular weight is 248 g/mol. The summed E-state index contributed by atoms with van der Waals surface area (Å²) < 4.78 is 5.69. The molecular weight excluding hydrogens is 228 g/mol. The molecule has 0 fully saturated rings. The van der Waals surface area contributed by atoms with Crippen LogP contribution in [-0.4, -0.2) is 17.7 Å². The molecule has 1 aromatic carbocycles. The molecule has 0 saturated heterocycles. The van der Waals surface area contributed by atoms with Crippen LogP contribution in [0, 0.1) is 20.8 Å². The van der Waals surface area contributed by atoms with Crippen molar-refractivity contribution in [1.29, 1.82) is 0 Å². The van der Waals surface area contributed by atoms with Gasteiger partial charge in [-0.1, -0.05) is 19.1 Å². The summed E-state index contributed by atoms with van der Waals surface area (Å²) in [4.78, 5) is 10.8. The van der Waals surface area contributed by atoms with Gasteiger partial charge in [0.1, 0.15) is 12.4 Å². The second-order valence-corrected chi connectivity index (χ2v) is 4.35. The molecule has 98 valence electrons. The normalized spacial score (nSPS) is 11.4. The molecule has 0 saturated carbocycles. The highest BCUT2D eigenvalue weighted by Gasteiger charge is 2.07. The first-order chi connectivity index (χ1) is 8.47. The number of carboxylic acid groups (broad SMARTS) is 1. The predicted octanol–water partition coefficient (Wildman–Crippen LogP) is 3.41. The minimum absolute atomic E-state index is 0.292. The quantitative estimate of drug-likeness (QED) is 0.812. The third-order valence-corrected chi connectivity index (χ3v) is 3.09. The highest BCUT2D eigenvalue weighted by Crippen LogP contribution is 2.25. The Kier molecular flexibility index (Phi) is 4.95. The van der Waals surface area contributed by atoms with Gasteiger partial charge in [-0.15, -0.1) is 0 Å². The largest absolute Gasteiger partial charge is 0.489 e. The van der Waals surface area contributed by atoms with Gasteiger partial charge in [0.25, 0.3) is 0 Å². The van der Waals surface area contributed by atoms with Crippen LogP contribution in [0.3, 0.4) is 0 Å². The fourth-order valence-electron chi connectivity index (χ4n) is 1.76. The van der Waals surface area contributed by atoms with Gasteiger partial charge in [0.2, 0.25) is 0 Å². The SMILES string of the molecule is CCC(=CCOc1c(C)ccc(C)c1C)C(=O)O. The van der Waals surface area contributed by atoms with E-state index in [0.717, 1.165) is 16.9 Å². The Hall–Kier alpha value is -1.77. The van der Waals surface area contributed by atoms with E-state index in [1.807, 2.05) is 33.8 Å². The summed E-state index contributed by atoms with van der Waals surface area (Å²) >= 11 is 0. The molecule has 0 radical (unpaired) electrons. The first-order valence-corrected chi connectivity index (χ1v) is 6.09. The molecule has 0 spiro atoms. The maximum absolute atomic E-state index is 10.8. The molecule has 0 amide bonds. The Morgan fingerprint density at radius 2 is 1.89 bits per heavy atom. The Morgan fingerprint density at radius 1 is 1.28 bits per heavy atom. The van der Waals surface area contributed by atoms with Gasteiger partial charge in [-0.05, 0) is 50.0 Å². The zero-order chi connectivity index (χ0) is 13.7. The Balaban J connectivity index is 2.81. The molecule has 3 nitrogen and oxygen atoms in total. The van der Waals surface area contributed by atoms with Gasteiger partial charge in [-0.25, -0.2) is 4.79 Å². The van der Waals surface area contributed by atoms with Crippen molar-refractivity contribution in [2.45, 2.75) is 34.1 Å². The maximum Gasteiger partial charge on any atom is 0.331 e. The van der Waals surface area contributed by atoms with E-state index in [4.69, 9.17) is 9.84 Å². The lowest BCUT2D eigenvalue weighted by molar-refractivity contribution is -0.132. The van der Waals surface area contributed by atoms with E-state index < -0.39 is 5.97 Å². The molecule has 0 unspecified atom stereocenters. The molecule has 18 heavy (non-hydrogen) atoms. The van der Waals surface area contributed by atoms with E-state index in [9.17, 15) is 4.79 Å². The van der Waals surface area contributed by atoms with Crippen LogP contribution in [0.5, 0.6) is 5.75 Å². The summed E-state index contributed by atoms with van der Waals surface area (Å²) in [6.07, 6.45) is 2.13. The van der Waals surface area contributed by atoms with Crippen molar-refractivity contribution in [3.8, 4) is 5.75 Å². The number of hydrogen-bond donors (Lipinski definition) is 1. The van der Waals surface area contributed by atoms with Crippen molar-refractivity contribution in [3.05, 3.63) is 40.5 Å². The zero-order valence-corrected chi connectivity index (χ0v) is 11.4. The van der Waals surface area contributed by atoms with Gasteiger partial charge in [-0.2, -0.15) is 0 Å². The van der Waals surface area contributed by atoms with Crippen LogP contribution in [0.4, 0.5) is 0 Å². The average Bonchev–Trinajstić information content (AvgIpc) is 2.33. The van der Waals surface area contributed by atoms with E-state index in [1.165, 1.54) is 5.56 Å². The van der Waals surface area contributed by atoms with E-state index in [2.05, 4.69) is 6.07 Å². The van der Waals surface area contributed by atoms with Crippen LogP contribution < -0.4 is 4.74 Å². The monoisotopic (exact) mass is 248 g/mol. The molecule has 1 aromatic rings. The number of hydrogen-bond acceptors (Lipinski definition) is 2.